The minimum Gasteiger partial charge on any atom is -0.324 e. The lowest BCUT2D eigenvalue weighted by Gasteiger charge is -2.11. The summed E-state index contributed by atoms with van der Waals surface area (Å²) >= 11 is 0. The van der Waals surface area contributed by atoms with E-state index in [2.05, 4.69) is 4.72 Å². The average molecular weight is 304 g/mol. The lowest BCUT2D eigenvalue weighted by molar-refractivity contribution is 0.581. The molecule has 112 valence electrons. The fraction of sp³-hybridized carbons (Fsp3) is 0.250. The van der Waals surface area contributed by atoms with Crippen LogP contribution in [0.15, 0.2) is 53.4 Å². The van der Waals surface area contributed by atoms with Crippen molar-refractivity contribution in [2.75, 3.05) is 0 Å². The summed E-state index contributed by atoms with van der Waals surface area (Å²) in [6.07, 6.45) is 0. The third-order valence-electron chi connectivity index (χ3n) is 3.41. The Hall–Kier alpha value is -1.69. The van der Waals surface area contributed by atoms with Gasteiger partial charge in [0.25, 0.3) is 0 Å². The molecule has 0 radical (unpaired) electrons. The molecule has 0 spiro atoms. The standard InChI is InChI=1S/C16H20N2O2S/c1-12-6-3-4-7-15(12)11-18-21(19,20)16-9-5-8-14(10-16)13(2)17/h3-10,13,18H,11,17H2,1-2H3. The van der Waals surface area contributed by atoms with Crippen molar-refractivity contribution in [3.63, 3.8) is 0 Å². The van der Waals surface area contributed by atoms with Crippen LogP contribution in [0.1, 0.15) is 29.7 Å². The highest BCUT2D eigenvalue weighted by atomic mass is 32.2. The van der Waals surface area contributed by atoms with Crippen molar-refractivity contribution >= 4 is 10.0 Å². The highest BCUT2D eigenvalue weighted by Gasteiger charge is 2.15. The fourth-order valence-electron chi connectivity index (χ4n) is 2.03. The van der Waals surface area contributed by atoms with Gasteiger partial charge >= 0.3 is 0 Å². The van der Waals surface area contributed by atoms with Gasteiger partial charge in [-0.3, -0.25) is 0 Å². The first-order valence-electron chi connectivity index (χ1n) is 6.80. The Morgan fingerprint density at radius 1 is 1.14 bits per heavy atom. The quantitative estimate of drug-likeness (QED) is 0.891. The van der Waals surface area contributed by atoms with Gasteiger partial charge in [0.15, 0.2) is 0 Å². The molecule has 2 aromatic carbocycles. The van der Waals surface area contributed by atoms with Crippen molar-refractivity contribution in [1.29, 1.82) is 0 Å². The number of benzene rings is 2. The van der Waals surface area contributed by atoms with E-state index in [1.54, 1.807) is 18.2 Å². The van der Waals surface area contributed by atoms with E-state index in [0.29, 0.717) is 0 Å². The highest BCUT2D eigenvalue weighted by Crippen LogP contribution is 2.16. The molecule has 0 bridgehead atoms. The highest BCUT2D eigenvalue weighted by molar-refractivity contribution is 7.89. The van der Waals surface area contributed by atoms with Crippen molar-refractivity contribution in [3.8, 4) is 0 Å². The van der Waals surface area contributed by atoms with Gasteiger partial charge in [0.2, 0.25) is 10.0 Å². The summed E-state index contributed by atoms with van der Waals surface area (Å²) in [5.41, 5.74) is 8.62. The molecule has 1 unspecified atom stereocenters. The van der Waals surface area contributed by atoms with Crippen molar-refractivity contribution in [2.24, 2.45) is 5.73 Å². The maximum absolute atomic E-state index is 12.3. The van der Waals surface area contributed by atoms with Gasteiger partial charge in [-0.05, 0) is 42.7 Å². The molecule has 5 heteroatoms. The van der Waals surface area contributed by atoms with Crippen LogP contribution in [-0.4, -0.2) is 8.42 Å². The van der Waals surface area contributed by atoms with Crippen LogP contribution in [-0.2, 0) is 16.6 Å². The molecule has 3 N–H and O–H groups in total. The molecule has 0 aromatic heterocycles. The summed E-state index contributed by atoms with van der Waals surface area (Å²) in [5, 5.41) is 0. The predicted octanol–water partition coefficient (Wildman–Crippen LogP) is 2.49. The molecule has 0 heterocycles. The molecule has 2 rings (SSSR count). The van der Waals surface area contributed by atoms with Crippen molar-refractivity contribution in [3.05, 3.63) is 65.2 Å². The minimum absolute atomic E-state index is 0.198. The van der Waals surface area contributed by atoms with E-state index in [4.69, 9.17) is 5.73 Å². The summed E-state index contributed by atoms with van der Waals surface area (Å²) in [4.78, 5) is 0.242. The lowest BCUT2D eigenvalue weighted by Crippen LogP contribution is -2.24. The van der Waals surface area contributed by atoms with Gasteiger partial charge < -0.3 is 5.73 Å². The number of nitrogens with two attached hydrogens (primary N) is 1. The number of aryl methyl sites for hydroxylation is 1. The van der Waals surface area contributed by atoms with E-state index < -0.39 is 10.0 Å². The molecule has 0 aliphatic heterocycles. The second-order valence-corrected chi connectivity index (χ2v) is 6.88. The van der Waals surface area contributed by atoms with Crippen molar-refractivity contribution in [1.82, 2.24) is 4.72 Å². The Bertz CT molecular complexity index is 725. The molecule has 0 aliphatic rings. The van der Waals surface area contributed by atoms with E-state index in [-0.39, 0.29) is 17.5 Å². The monoisotopic (exact) mass is 304 g/mol. The Kier molecular flexibility index (Phi) is 4.77. The number of nitrogens with one attached hydrogen (secondary N) is 1. The second-order valence-electron chi connectivity index (χ2n) is 5.11. The van der Waals surface area contributed by atoms with Crippen LogP contribution < -0.4 is 10.5 Å². The van der Waals surface area contributed by atoms with Gasteiger partial charge in [0, 0.05) is 12.6 Å². The number of hydrogen-bond donors (Lipinski definition) is 2. The normalized spacial score (nSPS) is 13.1. The van der Waals surface area contributed by atoms with Crippen molar-refractivity contribution in [2.45, 2.75) is 31.3 Å². The lowest BCUT2D eigenvalue weighted by atomic mass is 10.1. The Morgan fingerprint density at radius 2 is 1.86 bits per heavy atom. The molecule has 1 atom stereocenters. The third kappa shape index (κ3) is 3.91. The SMILES string of the molecule is Cc1ccccc1CNS(=O)(=O)c1cccc(C(C)N)c1. The van der Waals surface area contributed by atoms with Crippen LogP contribution >= 0.6 is 0 Å². The first-order chi connectivity index (χ1) is 9.90. The average Bonchev–Trinajstić information content (AvgIpc) is 2.46. The Balaban J connectivity index is 2.19. The number of hydrogen-bond acceptors (Lipinski definition) is 3. The zero-order valence-electron chi connectivity index (χ0n) is 12.2. The fourth-order valence-corrected chi connectivity index (χ4v) is 3.09. The van der Waals surface area contributed by atoms with Gasteiger partial charge in [-0.25, -0.2) is 13.1 Å². The summed E-state index contributed by atoms with van der Waals surface area (Å²) in [6, 6.07) is 14.2. The van der Waals surface area contributed by atoms with Crippen LogP contribution in [0.5, 0.6) is 0 Å². The molecule has 0 fully saturated rings. The van der Waals surface area contributed by atoms with E-state index >= 15 is 0 Å². The molecule has 0 saturated carbocycles. The maximum atomic E-state index is 12.3. The third-order valence-corrected chi connectivity index (χ3v) is 4.81. The number of sulfonamides is 1. The summed E-state index contributed by atoms with van der Waals surface area (Å²) < 4.78 is 27.3. The molecule has 2 aromatic rings. The Labute approximate surface area is 126 Å². The van der Waals surface area contributed by atoms with Gasteiger partial charge in [0.05, 0.1) is 4.90 Å². The topological polar surface area (TPSA) is 72.2 Å². The second kappa shape index (κ2) is 6.39. The molecule has 0 saturated heterocycles. The van der Waals surface area contributed by atoms with Gasteiger partial charge in [0.1, 0.15) is 0 Å². The van der Waals surface area contributed by atoms with Crippen LogP contribution in [0.2, 0.25) is 0 Å². The zero-order valence-corrected chi connectivity index (χ0v) is 13.0. The zero-order chi connectivity index (χ0) is 15.5. The summed E-state index contributed by atoms with van der Waals surface area (Å²) in [7, 11) is -3.54. The summed E-state index contributed by atoms with van der Waals surface area (Å²) in [6.45, 7) is 4.06. The predicted molar refractivity (Wildman–Crippen MR) is 84.2 cm³/mol. The smallest absolute Gasteiger partial charge is 0.240 e. The largest absolute Gasteiger partial charge is 0.324 e. The van der Waals surface area contributed by atoms with Crippen LogP contribution in [0.4, 0.5) is 0 Å². The first kappa shape index (κ1) is 15.7. The maximum Gasteiger partial charge on any atom is 0.240 e. The Morgan fingerprint density at radius 3 is 2.52 bits per heavy atom. The molecular weight excluding hydrogens is 284 g/mol. The summed E-state index contributed by atoms with van der Waals surface area (Å²) in [5.74, 6) is 0. The van der Waals surface area contributed by atoms with E-state index in [1.165, 1.54) is 0 Å². The molecule has 4 nitrogen and oxygen atoms in total. The van der Waals surface area contributed by atoms with E-state index in [0.717, 1.165) is 16.7 Å². The molecule has 21 heavy (non-hydrogen) atoms. The van der Waals surface area contributed by atoms with Gasteiger partial charge in [-0.15, -0.1) is 0 Å². The van der Waals surface area contributed by atoms with Gasteiger partial charge in [-0.2, -0.15) is 0 Å². The number of rotatable bonds is 5. The minimum atomic E-state index is -3.54. The van der Waals surface area contributed by atoms with Crippen LogP contribution in [0.3, 0.4) is 0 Å². The van der Waals surface area contributed by atoms with E-state index in [9.17, 15) is 8.42 Å². The molecule has 0 aliphatic carbocycles. The van der Waals surface area contributed by atoms with Crippen LogP contribution in [0.25, 0.3) is 0 Å². The van der Waals surface area contributed by atoms with Crippen molar-refractivity contribution < 1.29 is 8.42 Å². The van der Waals surface area contributed by atoms with Crippen LogP contribution in [0, 0.1) is 6.92 Å². The molecular formula is C16H20N2O2S. The van der Waals surface area contributed by atoms with Gasteiger partial charge in [-0.1, -0.05) is 36.4 Å². The molecule has 0 amide bonds. The first-order valence-corrected chi connectivity index (χ1v) is 8.28. The van der Waals surface area contributed by atoms with E-state index in [1.807, 2.05) is 44.2 Å².